The zero-order chi connectivity index (χ0) is 17.6. The van der Waals surface area contributed by atoms with Crippen LogP contribution in [0.5, 0.6) is 0 Å². The molecule has 2 heterocycles. The van der Waals surface area contributed by atoms with Crippen LogP contribution >= 0.6 is 24.0 Å². The maximum Gasteiger partial charge on any atom is 0.213 e. The van der Waals surface area contributed by atoms with E-state index in [0.717, 1.165) is 24.7 Å². The first-order valence-corrected chi connectivity index (χ1v) is 8.28. The molecule has 0 fully saturated rings. The van der Waals surface area contributed by atoms with Crippen molar-refractivity contribution in [1.29, 1.82) is 0 Å². The fraction of sp³-hybridized carbons (Fsp3) is 0.625. The molecular formula is C16H28IN7O. The lowest BCUT2D eigenvalue weighted by Crippen LogP contribution is -2.37. The van der Waals surface area contributed by atoms with Crippen molar-refractivity contribution in [3.05, 3.63) is 30.0 Å². The molecule has 25 heavy (non-hydrogen) atoms. The van der Waals surface area contributed by atoms with E-state index < -0.39 is 0 Å². The topological polar surface area (TPSA) is 93.2 Å². The molecule has 0 spiro atoms. The fourth-order valence-corrected chi connectivity index (χ4v) is 2.06. The van der Waals surface area contributed by atoms with Crippen LogP contribution in [0.25, 0.3) is 0 Å². The average molecular weight is 461 g/mol. The minimum absolute atomic E-state index is 0. The first-order valence-electron chi connectivity index (χ1n) is 8.28. The van der Waals surface area contributed by atoms with Crippen LogP contribution in [-0.4, -0.2) is 32.3 Å². The second-order valence-electron chi connectivity index (χ2n) is 6.45. The SMILES string of the molecule is CCNC(=NCc1nncn1CC)NCc1ncc(C(C)(C)C)o1.I. The van der Waals surface area contributed by atoms with Gasteiger partial charge in [-0.15, -0.1) is 34.2 Å². The zero-order valence-corrected chi connectivity index (χ0v) is 17.9. The first-order chi connectivity index (χ1) is 11.4. The third-order valence-electron chi connectivity index (χ3n) is 3.46. The number of rotatable bonds is 6. The molecule has 0 aliphatic heterocycles. The van der Waals surface area contributed by atoms with Crippen molar-refractivity contribution in [1.82, 2.24) is 30.4 Å². The van der Waals surface area contributed by atoms with E-state index in [-0.39, 0.29) is 29.4 Å². The molecule has 140 valence electrons. The van der Waals surface area contributed by atoms with Crippen LogP contribution in [0.2, 0.25) is 0 Å². The molecule has 0 aliphatic carbocycles. The van der Waals surface area contributed by atoms with Gasteiger partial charge in [0.1, 0.15) is 18.6 Å². The van der Waals surface area contributed by atoms with Gasteiger partial charge in [0.15, 0.2) is 11.8 Å². The quantitative estimate of drug-likeness (QED) is 0.390. The standard InChI is InChI=1S/C16H27N7O.HI/c1-6-17-15(19-9-13-22-21-11-23(13)7-2)20-10-14-18-8-12(24-14)16(3,4)5;/h8,11H,6-7,9-10H2,1-5H3,(H2,17,19,20);1H. The Morgan fingerprint density at radius 3 is 2.64 bits per heavy atom. The fourth-order valence-electron chi connectivity index (χ4n) is 2.06. The Kier molecular flexibility index (Phi) is 8.33. The molecule has 0 aliphatic rings. The van der Waals surface area contributed by atoms with Gasteiger partial charge in [-0.3, -0.25) is 0 Å². The van der Waals surface area contributed by atoms with Crippen LogP contribution in [0, 0.1) is 0 Å². The molecule has 0 unspecified atom stereocenters. The number of nitrogens with one attached hydrogen (secondary N) is 2. The average Bonchev–Trinajstić information content (AvgIpc) is 3.18. The van der Waals surface area contributed by atoms with E-state index in [0.29, 0.717) is 24.9 Å². The van der Waals surface area contributed by atoms with Crippen LogP contribution in [0.4, 0.5) is 0 Å². The van der Waals surface area contributed by atoms with Crippen molar-refractivity contribution >= 4 is 29.9 Å². The highest BCUT2D eigenvalue weighted by Crippen LogP contribution is 2.22. The number of oxazole rings is 1. The summed E-state index contributed by atoms with van der Waals surface area (Å²) < 4.78 is 7.75. The highest BCUT2D eigenvalue weighted by Gasteiger charge is 2.19. The summed E-state index contributed by atoms with van der Waals surface area (Å²) in [5.41, 5.74) is -0.0476. The molecule has 0 atom stereocenters. The van der Waals surface area contributed by atoms with Crippen molar-refractivity contribution in [2.24, 2.45) is 4.99 Å². The minimum Gasteiger partial charge on any atom is -0.443 e. The summed E-state index contributed by atoms with van der Waals surface area (Å²) in [7, 11) is 0. The van der Waals surface area contributed by atoms with Gasteiger partial charge >= 0.3 is 0 Å². The Bertz CT molecular complexity index is 672. The van der Waals surface area contributed by atoms with E-state index >= 15 is 0 Å². The third-order valence-corrected chi connectivity index (χ3v) is 3.46. The number of aromatic nitrogens is 4. The highest BCUT2D eigenvalue weighted by molar-refractivity contribution is 14.0. The van der Waals surface area contributed by atoms with E-state index in [2.05, 4.69) is 58.5 Å². The van der Waals surface area contributed by atoms with Gasteiger partial charge in [-0.05, 0) is 13.8 Å². The van der Waals surface area contributed by atoms with Crippen LogP contribution in [0.3, 0.4) is 0 Å². The Labute approximate surface area is 165 Å². The van der Waals surface area contributed by atoms with Crippen LogP contribution < -0.4 is 10.6 Å². The molecule has 0 aromatic carbocycles. The molecule has 2 aromatic heterocycles. The maximum absolute atomic E-state index is 5.78. The number of halogens is 1. The smallest absolute Gasteiger partial charge is 0.213 e. The Balaban J connectivity index is 0.00000312. The van der Waals surface area contributed by atoms with Gasteiger partial charge in [0.2, 0.25) is 5.89 Å². The lowest BCUT2D eigenvalue weighted by atomic mass is 9.94. The Morgan fingerprint density at radius 1 is 1.28 bits per heavy atom. The lowest BCUT2D eigenvalue weighted by Gasteiger charge is -2.13. The van der Waals surface area contributed by atoms with E-state index in [1.54, 1.807) is 12.5 Å². The molecule has 0 saturated carbocycles. The predicted octanol–water partition coefficient (Wildman–Crippen LogP) is 2.46. The zero-order valence-electron chi connectivity index (χ0n) is 15.5. The molecular weight excluding hydrogens is 433 g/mol. The van der Waals surface area contributed by atoms with E-state index in [1.807, 2.05) is 11.5 Å². The van der Waals surface area contributed by atoms with Crippen molar-refractivity contribution < 1.29 is 4.42 Å². The number of hydrogen-bond donors (Lipinski definition) is 2. The summed E-state index contributed by atoms with van der Waals surface area (Å²) in [6.07, 6.45) is 3.50. The molecule has 0 bridgehead atoms. The summed E-state index contributed by atoms with van der Waals surface area (Å²) in [4.78, 5) is 8.85. The molecule has 0 amide bonds. The van der Waals surface area contributed by atoms with Gasteiger partial charge in [-0.1, -0.05) is 20.8 Å². The second kappa shape index (κ2) is 9.73. The number of hydrogen-bond acceptors (Lipinski definition) is 5. The Morgan fingerprint density at radius 2 is 2.04 bits per heavy atom. The molecule has 2 N–H and O–H groups in total. The van der Waals surface area contributed by atoms with Crippen LogP contribution in [-0.2, 0) is 25.0 Å². The monoisotopic (exact) mass is 461 g/mol. The summed E-state index contributed by atoms with van der Waals surface area (Å²) in [5, 5.41) is 14.4. The molecule has 0 saturated heterocycles. The van der Waals surface area contributed by atoms with Gasteiger partial charge in [0, 0.05) is 18.5 Å². The van der Waals surface area contributed by atoms with Crippen molar-refractivity contribution in [3.8, 4) is 0 Å². The largest absolute Gasteiger partial charge is 0.443 e. The van der Waals surface area contributed by atoms with Gasteiger partial charge in [-0.25, -0.2) is 9.98 Å². The number of aliphatic imine (C=N–C) groups is 1. The van der Waals surface area contributed by atoms with Gasteiger partial charge in [0.05, 0.1) is 12.7 Å². The summed E-state index contributed by atoms with van der Waals surface area (Å²) in [5.74, 6) is 3.04. The Hall–Kier alpha value is -1.65. The van der Waals surface area contributed by atoms with E-state index in [9.17, 15) is 0 Å². The van der Waals surface area contributed by atoms with E-state index in [1.165, 1.54) is 0 Å². The second-order valence-corrected chi connectivity index (χ2v) is 6.45. The molecule has 8 nitrogen and oxygen atoms in total. The lowest BCUT2D eigenvalue weighted by molar-refractivity contribution is 0.379. The van der Waals surface area contributed by atoms with Crippen molar-refractivity contribution in [3.63, 3.8) is 0 Å². The predicted molar refractivity (Wildman–Crippen MR) is 108 cm³/mol. The molecule has 2 aromatic rings. The van der Waals surface area contributed by atoms with Crippen molar-refractivity contribution in [2.45, 2.75) is 59.7 Å². The van der Waals surface area contributed by atoms with Gasteiger partial charge in [-0.2, -0.15) is 0 Å². The minimum atomic E-state index is -0.0476. The number of guanidine groups is 1. The van der Waals surface area contributed by atoms with Crippen molar-refractivity contribution in [2.75, 3.05) is 6.54 Å². The molecule has 9 heteroatoms. The summed E-state index contributed by atoms with van der Waals surface area (Å²) in [6.45, 7) is 12.9. The number of nitrogens with zero attached hydrogens (tertiary/aromatic N) is 5. The summed E-state index contributed by atoms with van der Waals surface area (Å²) >= 11 is 0. The summed E-state index contributed by atoms with van der Waals surface area (Å²) in [6, 6.07) is 0. The normalized spacial score (nSPS) is 12.0. The van der Waals surface area contributed by atoms with Crippen LogP contribution in [0.1, 0.15) is 52.1 Å². The van der Waals surface area contributed by atoms with Gasteiger partial charge in [0.25, 0.3) is 0 Å². The first kappa shape index (κ1) is 21.4. The maximum atomic E-state index is 5.78. The van der Waals surface area contributed by atoms with Crippen LogP contribution in [0.15, 0.2) is 21.9 Å². The molecule has 0 radical (unpaired) electrons. The third kappa shape index (κ3) is 6.29. The molecule has 2 rings (SSSR count). The number of aryl methyl sites for hydroxylation is 1. The van der Waals surface area contributed by atoms with Gasteiger partial charge < -0.3 is 19.6 Å². The van der Waals surface area contributed by atoms with E-state index in [4.69, 9.17) is 4.42 Å². The highest BCUT2D eigenvalue weighted by atomic mass is 127.